The van der Waals surface area contributed by atoms with Crippen molar-refractivity contribution in [3.05, 3.63) is 29.3 Å². The second kappa shape index (κ2) is 5.58. The van der Waals surface area contributed by atoms with Crippen LogP contribution in [0.1, 0.15) is 43.1 Å². The fourth-order valence-corrected chi connectivity index (χ4v) is 1.56. The van der Waals surface area contributed by atoms with Gasteiger partial charge < -0.3 is 4.74 Å². The van der Waals surface area contributed by atoms with E-state index in [-0.39, 0.29) is 11.4 Å². The van der Waals surface area contributed by atoms with Crippen LogP contribution in [0.4, 0.5) is 0 Å². The molecule has 0 spiro atoms. The second-order valence-electron chi connectivity index (χ2n) is 5.45. The van der Waals surface area contributed by atoms with Crippen LogP contribution in [0.2, 0.25) is 0 Å². The lowest BCUT2D eigenvalue weighted by molar-refractivity contribution is 0.0463. The maximum atomic E-state index is 11.8. The number of esters is 1. The number of thiol groups is 1. The molecule has 0 aromatic heterocycles. The zero-order chi connectivity index (χ0) is 13.1. The van der Waals surface area contributed by atoms with Crippen molar-refractivity contribution in [2.75, 3.05) is 6.61 Å². The van der Waals surface area contributed by atoms with Gasteiger partial charge in [0.2, 0.25) is 0 Å². The molecule has 1 aromatic rings. The summed E-state index contributed by atoms with van der Waals surface area (Å²) in [7, 11) is 0. The van der Waals surface area contributed by atoms with Crippen LogP contribution in [0.5, 0.6) is 0 Å². The Hall–Kier alpha value is -0.960. The van der Waals surface area contributed by atoms with E-state index < -0.39 is 0 Å². The Morgan fingerprint density at radius 1 is 1.35 bits per heavy atom. The van der Waals surface area contributed by atoms with Gasteiger partial charge in [0.15, 0.2) is 0 Å². The van der Waals surface area contributed by atoms with Crippen LogP contribution in [-0.2, 0) is 4.74 Å². The van der Waals surface area contributed by atoms with Crippen LogP contribution in [0.15, 0.2) is 23.1 Å². The summed E-state index contributed by atoms with van der Waals surface area (Å²) in [6.07, 6.45) is 0.859. The molecular formula is C14H20O2S. The number of aryl methyl sites for hydroxylation is 1. The quantitative estimate of drug-likeness (QED) is 0.652. The van der Waals surface area contributed by atoms with Gasteiger partial charge in [0, 0.05) is 4.90 Å². The van der Waals surface area contributed by atoms with E-state index in [1.165, 1.54) is 0 Å². The lowest BCUT2D eigenvalue weighted by Gasteiger charge is -2.17. The maximum absolute atomic E-state index is 11.8. The molecule has 0 saturated carbocycles. The third kappa shape index (κ3) is 4.82. The van der Waals surface area contributed by atoms with Crippen molar-refractivity contribution < 1.29 is 9.53 Å². The predicted molar refractivity (Wildman–Crippen MR) is 72.8 cm³/mol. The van der Waals surface area contributed by atoms with Crippen LogP contribution in [-0.4, -0.2) is 12.6 Å². The van der Waals surface area contributed by atoms with Crippen molar-refractivity contribution in [2.45, 2.75) is 39.0 Å². The van der Waals surface area contributed by atoms with Gasteiger partial charge in [-0.1, -0.05) is 26.8 Å². The number of hydrogen-bond donors (Lipinski definition) is 1. The van der Waals surface area contributed by atoms with E-state index in [9.17, 15) is 4.79 Å². The SMILES string of the molecule is Cc1ccc(S)cc1C(=O)OCCC(C)(C)C. The maximum Gasteiger partial charge on any atom is 0.338 e. The summed E-state index contributed by atoms with van der Waals surface area (Å²) in [5.41, 5.74) is 1.70. The average molecular weight is 252 g/mol. The highest BCUT2D eigenvalue weighted by Gasteiger charge is 2.14. The highest BCUT2D eigenvalue weighted by molar-refractivity contribution is 7.80. The number of ether oxygens (including phenoxy) is 1. The van der Waals surface area contributed by atoms with E-state index >= 15 is 0 Å². The fourth-order valence-electron chi connectivity index (χ4n) is 1.36. The minimum Gasteiger partial charge on any atom is -0.462 e. The van der Waals surface area contributed by atoms with Crippen molar-refractivity contribution in [2.24, 2.45) is 5.41 Å². The zero-order valence-electron chi connectivity index (χ0n) is 10.9. The number of carbonyl (C=O) groups is 1. The van der Waals surface area contributed by atoms with Crippen molar-refractivity contribution in [3.63, 3.8) is 0 Å². The fraction of sp³-hybridized carbons (Fsp3) is 0.500. The van der Waals surface area contributed by atoms with Crippen molar-refractivity contribution in [1.29, 1.82) is 0 Å². The number of carbonyl (C=O) groups excluding carboxylic acids is 1. The van der Waals surface area contributed by atoms with Gasteiger partial charge in [-0.05, 0) is 36.5 Å². The Kier molecular flexibility index (Phi) is 4.63. The molecule has 0 aliphatic carbocycles. The van der Waals surface area contributed by atoms with Crippen molar-refractivity contribution >= 4 is 18.6 Å². The summed E-state index contributed by atoms with van der Waals surface area (Å²) in [5.74, 6) is -0.261. The highest BCUT2D eigenvalue weighted by atomic mass is 32.1. The molecule has 3 heteroatoms. The van der Waals surface area contributed by atoms with Gasteiger partial charge in [0.25, 0.3) is 0 Å². The first-order valence-corrected chi connectivity index (χ1v) is 6.21. The van der Waals surface area contributed by atoms with Crippen molar-refractivity contribution in [3.8, 4) is 0 Å². The predicted octanol–water partition coefficient (Wildman–Crippen LogP) is 3.88. The molecule has 94 valence electrons. The molecule has 1 rings (SSSR count). The van der Waals surface area contributed by atoms with Gasteiger partial charge in [-0.2, -0.15) is 0 Å². The van der Waals surface area contributed by atoms with Crippen molar-refractivity contribution in [1.82, 2.24) is 0 Å². The Labute approximate surface area is 109 Å². The van der Waals surface area contributed by atoms with Gasteiger partial charge in [-0.15, -0.1) is 12.6 Å². The van der Waals surface area contributed by atoms with Gasteiger partial charge in [-0.25, -0.2) is 4.79 Å². The van der Waals surface area contributed by atoms with E-state index in [1.807, 2.05) is 19.1 Å². The first-order valence-electron chi connectivity index (χ1n) is 5.76. The van der Waals surface area contributed by atoms with Gasteiger partial charge in [0.1, 0.15) is 0 Å². The summed E-state index contributed by atoms with van der Waals surface area (Å²) in [5, 5.41) is 0. The number of rotatable bonds is 3. The normalized spacial score (nSPS) is 11.4. The minimum atomic E-state index is -0.261. The Morgan fingerprint density at radius 2 is 2.00 bits per heavy atom. The van der Waals surface area contributed by atoms with Crippen LogP contribution >= 0.6 is 12.6 Å². The molecule has 0 bridgehead atoms. The second-order valence-corrected chi connectivity index (χ2v) is 5.96. The molecule has 0 aliphatic rings. The summed E-state index contributed by atoms with van der Waals surface area (Å²) in [4.78, 5) is 12.6. The number of benzene rings is 1. The Morgan fingerprint density at radius 3 is 2.59 bits per heavy atom. The topological polar surface area (TPSA) is 26.3 Å². The number of hydrogen-bond acceptors (Lipinski definition) is 3. The average Bonchev–Trinajstić information content (AvgIpc) is 2.19. The smallest absolute Gasteiger partial charge is 0.338 e. The molecule has 0 atom stereocenters. The molecular weight excluding hydrogens is 232 g/mol. The van der Waals surface area contributed by atoms with Crippen LogP contribution in [0.25, 0.3) is 0 Å². The first-order chi connectivity index (χ1) is 7.79. The summed E-state index contributed by atoms with van der Waals surface area (Å²) < 4.78 is 5.27. The molecule has 1 aromatic carbocycles. The highest BCUT2D eigenvalue weighted by Crippen LogP contribution is 2.19. The Balaban J connectivity index is 2.61. The molecule has 2 nitrogen and oxygen atoms in total. The van der Waals surface area contributed by atoms with Crippen LogP contribution in [0, 0.1) is 12.3 Å². The monoisotopic (exact) mass is 252 g/mol. The third-order valence-electron chi connectivity index (χ3n) is 2.53. The van der Waals surface area contributed by atoms with E-state index in [4.69, 9.17) is 4.74 Å². The lowest BCUT2D eigenvalue weighted by Crippen LogP contribution is -2.14. The van der Waals surface area contributed by atoms with Gasteiger partial charge in [-0.3, -0.25) is 0 Å². The molecule has 0 radical (unpaired) electrons. The summed E-state index contributed by atoms with van der Waals surface area (Å²) >= 11 is 4.23. The van der Waals surface area contributed by atoms with E-state index in [0.717, 1.165) is 16.9 Å². The minimum absolute atomic E-state index is 0.181. The molecule has 0 aliphatic heterocycles. The van der Waals surface area contributed by atoms with E-state index in [2.05, 4.69) is 33.4 Å². The standard InChI is InChI=1S/C14H20O2S/c1-10-5-6-11(17)9-12(10)13(15)16-8-7-14(2,3)4/h5-6,9,17H,7-8H2,1-4H3. The summed E-state index contributed by atoms with van der Waals surface area (Å²) in [6, 6.07) is 5.49. The lowest BCUT2D eigenvalue weighted by atomic mass is 9.93. The zero-order valence-corrected chi connectivity index (χ0v) is 11.8. The molecule has 0 heterocycles. The third-order valence-corrected chi connectivity index (χ3v) is 2.80. The van der Waals surface area contributed by atoms with Gasteiger partial charge >= 0.3 is 5.97 Å². The molecule has 0 saturated heterocycles. The van der Waals surface area contributed by atoms with Crippen LogP contribution in [0.3, 0.4) is 0 Å². The molecule has 0 amide bonds. The summed E-state index contributed by atoms with van der Waals surface area (Å²) in [6.45, 7) is 8.73. The van der Waals surface area contributed by atoms with Crippen LogP contribution < -0.4 is 0 Å². The Bertz CT molecular complexity index is 405. The van der Waals surface area contributed by atoms with E-state index in [0.29, 0.717) is 12.2 Å². The molecule has 0 fully saturated rings. The molecule has 0 unspecified atom stereocenters. The van der Waals surface area contributed by atoms with Gasteiger partial charge in [0.05, 0.1) is 12.2 Å². The first kappa shape index (κ1) is 14.1. The molecule has 0 N–H and O–H groups in total. The largest absolute Gasteiger partial charge is 0.462 e. The molecule has 17 heavy (non-hydrogen) atoms. The van der Waals surface area contributed by atoms with E-state index in [1.54, 1.807) is 6.07 Å².